The van der Waals surface area contributed by atoms with Gasteiger partial charge in [0.05, 0.1) is 0 Å². The van der Waals surface area contributed by atoms with Gasteiger partial charge in [-0.3, -0.25) is 4.79 Å². The van der Waals surface area contributed by atoms with Gasteiger partial charge in [-0.05, 0) is 23.6 Å². The van der Waals surface area contributed by atoms with Crippen molar-refractivity contribution in [3.8, 4) is 0 Å². The number of fused-ring (bicyclic) bond motifs is 1. The molecule has 0 amide bonds. The molecule has 1 aliphatic carbocycles. The fraction of sp³-hybridized carbons (Fsp3) is 0.182. The minimum atomic E-state index is 0.173. The van der Waals surface area contributed by atoms with Crippen LogP contribution in [0, 0.1) is 0 Å². The fourth-order valence-corrected chi connectivity index (χ4v) is 2.34. The largest absolute Gasteiger partial charge is 0.283 e. The predicted octanol–water partition coefficient (Wildman–Crippen LogP) is 2.98. The summed E-state index contributed by atoms with van der Waals surface area (Å²) >= 11 is 1.86. The minimum absolute atomic E-state index is 0.173. The van der Waals surface area contributed by atoms with Gasteiger partial charge in [0, 0.05) is 34.6 Å². The van der Waals surface area contributed by atoms with Gasteiger partial charge in [-0.15, -0.1) is 0 Å². The molecule has 1 aromatic rings. The first-order valence-electron chi connectivity index (χ1n) is 4.18. The Morgan fingerprint density at radius 2 is 2.08 bits per heavy atom. The molecular weight excluding hydrogens is 275 g/mol. The Morgan fingerprint density at radius 3 is 2.69 bits per heavy atom. The van der Waals surface area contributed by atoms with Crippen LogP contribution in [0.25, 0.3) is 5.57 Å². The maximum Gasteiger partial charge on any atom is 0.219 e. The van der Waals surface area contributed by atoms with Crippen molar-refractivity contribution in [2.75, 3.05) is 0 Å². The van der Waals surface area contributed by atoms with Crippen LogP contribution < -0.4 is 0 Å². The van der Waals surface area contributed by atoms with Crippen molar-refractivity contribution in [3.63, 3.8) is 0 Å². The number of hydrogen-bond donors (Lipinski definition) is 0. The molecule has 2 rings (SSSR count). The van der Waals surface area contributed by atoms with Crippen molar-refractivity contribution in [1.29, 1.82) is 0 Å². The number of allylic oxidation sites excluding steroid dienone is 2. The monoisotopic (exact) mass is 284 g/mol. The SMILES string of the molecule is CC1=C(C(=O)I)Cc2ccccc21. The summed E-state index contributed by atoms with van der Waals surface area (Å²) in [5.41, 5.74) is 4.62. The van der Waals surface area contributed by atoms with Gasteiger partial charge in [-0.2, -0.15) is 0 Å². The Balaban J connectivity index is 2.53. The van der Waals surface area contributed by atoms with Gasteiger partial charge in [-0.1, -0.05) is 24.3 Å². The van der Waals surface area contributed by atoms with Gasteiger partial charge in [0.15, 0.2) is 0 Å². The standard InChI is InChI=1S/C11H9IO/c1-7-9-5-3-2-4-8(9)6-10(7)11(12)13/h2-5H,6H2,1H3. The second kappa shape index (κ2) is 3.25. The summed E-state index contributed by atoms with van der Waals surface area (Å²) in [6, 6.07) is 8.21. The molecule has 0 atom stereocenters. The number of rotatable bonds is 1. The van der Waals surface area contributed by atoms with Crippen LogP contribution in [0.2, 0.25) is 0 Å². The zero-order chi connectivity index (χ0) is 9.42. The first-order valence-corrected chi connectivity index (χ1v) is 5.26. The molecule has 0 fully saturated rings. The topological polar surface area (TPSA) is 17.1 Å². The number of halogens is 1. The highest BCUT2D eigenvalue weighted by atomic mass is 127. The van der Waals surface area contributed by atoms with E-state index in [2.05, 4.69) is 12.1 Å². The summed E-state index contributed by atoms with van der Waals surface area (Å²) in [5, 5.41) is 0. The highest BCUT2D eigenvalue weighted by molar-refractivity contribution is 14.1. The van der Waals surface area contributed by atoms with Crippen LogP contribution in [0.5, 0.6) is 0 Å². The maximum absolute atomic E-state index is 11.3. The van der Waals surface area contributed by atoms with Crippen LogP contribution >= 0.6 is 22.6 Å². The molecule has 0 spiro atoms. The Hall–Kier alpha value is -0.640. The minimum Gasteiger partial charge on any atom is -0.283 e. The van der Waals surface area contributed by atoms with Crippen molar-refractivity contribution in [2.24, 2.45) is 0 Å². The van der Waals surface area contributed by atoms with Gasteiger partial charge in [0.25, 0.3) is 0 Å². The molecule has 0 bridgehead atoms. The zero-order valence-electron chi connectivity index (χ0n) is 7.30. The van der Waals surface area contributed by atoms with E-state index in [1.54, 1.807) is 0 Å². The first-order chi connectivity index (χ1) is 6.20. The zero-order valence-corrected chi connectivity index (χ0v) is 9.46. The van der Waals surface area contributed by atoms with Crippen LogP contribution in [-0.2, 0) is 11.2 Å². The second-order valence-electron chi connectivity index (χ2n) is 3.21. The first kappa shape index (κ1) is 8.94. The van der Waals surface area contributed by atoms with Gasteiger partial charge in [0.2, 0.25) is 3.79 Å². The Bertz CT molecular complexity index is 404. The molecule has 0 heterocycles. The van der Waals surface area contributed by atoms with E-state index in [1.165, 1.54) is 11.1 Å². The molecule has 0 aliphatic heterocycles. The highest BCUT2D eigenvalue weighted by Gasteiger charge is 2.20. The lowest BCUT2D eigenvalue weighted by atomic mass is 10.1. The lowest BCUT2D eigenvalue weighted by molar-refractivity contribution is -0.106. The van der Waals surface area contributed by atoms with Crippen molar-refractivity contribution >= 4 is 32.0 Å². The van der Waals surface area contributed by atoms with E-state index >= 15 is 0 Å². The molecule has 66 valence electrons. The van der Waals surface area contributed by atoms with Crippen LogP contribution in [0.1, 0.15) is 18.1 Å². The number of benzene rings is 1. The van der Waals surface area contributed by atoms with E-state index in [0.29, 0.717) is 0 Å². The Kier molecular flexibility index (Phi) is 2.24. The van der Waals surface area contributed by atoms with Crippen LogP contribution in [-0.4, -0.2) is 3.79 Å². The van der Waals surface area contributed by atoms with Crippen LogP contribution in [0.3, 0.4) is 0 Å². The summed E-state index contributed by atoms with van der Waals surface area (Å²) in [4.78, 5) is 11.3. The smallest absolute Gasteiger partial charge is 0.219 e. The lowest BCUT2D eigenvalue weighted by Gasteiger charge is -1.97. The van der Waals surface area contributed by atoms with E-state index < -0.39 is 0 Å². The molecule has 13 heavy (non-hydrogen) atoms. The summed E-state index contributed by atoms with van der Waals surface area (Å²) in [5.74, 6) is 0. The second-order valence-corrected chi connectivity index (χ2v) is 4.19. The van der Waals surface area contributed by atoms with Gasteiger partial charge < -0.3 is 0 Å². The van der Waals surface area contributed by atoms with E-state index in [9.17, 15) is 4.79 Å². The third kappa shape index (κ3) is 1.43. The molecule has 0 saturated heterocycles. The van der Waals surface area contributed by atoms with Gasteiger partial charge in [0.1, 0.15) is 0 Å². The summed E-state index contributed by atoms with van der Waals surface area (Å²) < 4.78 is 0.173. The number of carbonyl (C=O) groups is 1. The van der Waals surface area contributed by atoms with Gasteiger partial charge in [-0.25, -0.2) is 0 Å². The van der Waals surface area contributed by atoms with E-state index in [1.807, 2.05) is 41.6 Å². The molecule has 1 aromatic carbocycles. The summed E-state index contributed by atoms with van der Waals surface area (Å²) in [7, 11) is 0. The molecule has 2 heteroatoms. The quantitative estimate of drug-likeness (QED) is 0.572. The summed E-state index contributed by atoms with van der Waals surface area (Å²) in [6.45, 7) is 2.03. The molecule has 0 N–H and O–H groups in total. The van der Waals surface area contributed by atoms with E-state index in [-0.39, 0.29) is 3.79 Å². The molecule has 1 nitrogen and oxygen atoms in total. The molecule has 0 unspecified atom stereocenters. The van der Waals surface area contributed by atoms with Crippen LogP contribution in [0.15, 0.2) is 29.8 Å². The number of hydrogen-bond acceptors (Lipinski definition) is 1. The van der Waals surface area contributed by atoms with Gasteiger partial charge >= 0.3 is 0 Å². The third-order valence-corrected chi connectivity index (χ3v) is 3.13. The lowest BCUT2D eigenvalue weighted by Crippen LogP contribution is -1.92. The normalized spacial score (nSPS) is 14.6. The summed E-state index contributed by atoms with van der Waals surface area (Å²) in [6.07, 6.45) is 0.809. The van der Waals surface area contributed by atoms with Crippen LogP contribution in [0.4, 0.5) is 0 Å². The average Bonchev–Trinajstić information content (AvgIpc) is 2.45. The number of carbonyl (C=O) groups excluding carboxylic acids is 1. The molecule has 1 aliphatic rings. The molecule has 0 saturated carbocycles. The molecule has 0 radical (unpaired) electrons. The molecule has 0 aromatic heterocycles. The van der Waals surface area contributed by atoms with E-state index in [0.717, 1.165) is 17.6 Å². The average molecular weight is 284 g/mol. The van der Waals surface area contributed by atoms with E-state index in [4.69, 9.17) is 0 Å². The predicted molar refractivity (Wildman–Crippen MR) is 61.8 cm³/mol. The highest BCUT2D eigenvalue weighted by Crippen LogP contribution is 2.33. The Morgan fingerprint density at radius 1 is 1.38 bits per heavy atom. The third-order valence-electron chi connectivity index (χ3n) is 2.48. The maximum atomic E-state index is 11.3. The van der Waals surface area contributed by atoms with Crippen molar-refractivity contribution in [2.45, 2.75) is 13.3 Å². The Labute approximate surface area is 91.0 Å². The molecular formula is C11H9IO. The van der Waals surface area contributed by atoms with Crippen molar-refractivity contribution in [3.05, 3.63) is 41.0 Å². The van der Waals surface area contributed by atoms with Crippen molar-refractivity contribution in [1.82, 2.24) is 0 Å². The van der Waals surface area contributed by atoms with Crippen molar-refractivity contribution < 1.29 is 4.79 Å². The fourth-order valence-electron chi connectivity index (χ4n) is 1.74.